The number of hydrogen-bond donors (Lipinski definition) is 2. The fourth-order valence-electron chi connectivity index (χ4n) is 4.07. The average molecular weight is 358 g/mol. The summed E-state index contributed by atoms with van der Waals surface area (Å²) >= 11 is 0. The fourth-order valence-corrected chi connectivity index (χ4v) is 4.07. The molecule has 5 heteroatoms. The molecule has 1 aromatic rings. The standard InChI is InChI=1S/C21H35N5/c1-3-19(25-13-8-9-14-25)16-23-21(22-4-2)24-18-12-15-26(17-18)20-10-6-5-7-11-20/h5-7,10-11,18-19H,3-4,8-9,12-17H2,1-2H3,(H2,22,23,24). The van der Waals surface area contributed by atoms with Gasteiger partial charge < -0.3 is 15.5 Å². The van der Waals surface area contributed by atoms with E-state index >= 15 is 0 Å². The number of benzene rings is 1. The molecular formula is C21H35N5. The topological polar surface area (TPSA) is 42.9 Å². The fraction of sp³-hybridized carbons (Fsp3) is 0.667. The second-order valence-corrected chi connectivity index (χ2v) is 7.44. The predicted octanol–water partition coefficient (Wildman–Crippen LogP) is 2.69. The monoisotopic (exact) mass is 357 g/mol. The summed E-state index contributed by atoms with van der Waals surface area (Å²) in [6, 6.07) is 11.7. The number of anilines is 1. The Kier molecular flexibility index (Phi) is 7.18. The van der Waals surface area contributed by atoms with Crippen molar-refractivity contribution in [3.05, 3.63) is 30.3 Å². The smallest absolute Gasteiger partial charge is 0.191 e. The SMILES string of the molecule is CCNC(=NCC(CC)N1CCCC1)NC1CCN(c2ccccc2)C1. The van der Waals surface area contributed by atoms with Gasteiger partial charge in [-0.25, -0.2) is 0 Å². The molecule has 0 spiro atoms. The van der Waals surface area contributed by atoms with Crippen LogP contribution in [-0.4, -0.2) is 62.2 Å². The lowest BCUT2D eigenvalue weighted by atomic mass is 10.2. The van der Waals surface area contributed by atoms with E-state index in [0.717, 1.165) is 38.6 Å². The first-order valence-electron chi connectivity index (χ1n) is 10.4. The predicted molar refractivity (Wildman–Crippen MR) is 111 cm³/mol. The van der Waals surface area contributed by atoms with Gasteiger partial charge >= 0.3 is 0 Å². The molecule has 0 bridgehead atoms. The molecule has 3 rings (SSSR count). The molecule has 0 amide bonds. The third kappa shape index (κ3) is 5.13. The van der Waals surface area contributed by atoms with Gasteiger partial charge in [0.2, 0.25) is 0 Å². The van der Waals surface area contributed by atoms with Gasteiger partial charge in [0, 0.05) is 37.4 Å². The Morgan fingerprint density at radius 3 is 2.62 bits per heavy atom. The van der Waals surface area contributed by atoms with Crippen molar-refractivity contribution >= 4 is 11.6 Å². The maximum atomic E-state index is 4.92. The summed E-state index contributed by atoms with van der Waals surface area (Å²) in [5.41, 5.74) is 1.32. The average Bonchev–Trinajstić information content (AvgIpc) is 3.35. The molecule has 2 N–H and O–H groups in total. The van der Waals surface area contributed by atoms with Crippen molar-refractivity contribution in [1.29, 1.82) is 0 Å². The Morgan fingerprint density at radius 1 is 1.15 bits per heavy atom. The molecule has 1 aromatic carbocycles. The van der Waals surface area contributed by atoms with Crippen molar-refractivity contribution < 1.29 is 0 Å². The van der Waals surface area contributed by atoms with E-state index in [1.807, 2.05) is 0 Å². The summed E-state index contributed by atoms with van der Waals surface area (Å²) in [4.78, 5) is 9.99. The van der Waals surface area contributed by atoms with Crippen LogP contribution in [0.4, 0.5) is 5.69 Å². The number of hydrogen-bond acceptors (Lipinski definition) is 3. The molecule has 2 aliphatic rings. The van der Waals surface area contributed by atoms with Gasteiger partial charge in [-0.1, -0.05) is 25.1 Å². The van der Waals surface area contributed by atoms with Gasteiger partial charge in [0.25, 0.3) is 0 Å². The Bertz CT molecular complexity index is 553. The highest BCUT2D eigenvalue weighted by atomic mass is 15.3. The highest BCUT2D eigenvalue weighted by Gasteiger charge is 2.24. The number of nitrogens with one attached hydrogen (secondary N) is 2. The molecule has 5 nitrogen and oxygen atoms in total. The molecule has 2 unspecified atom stereocenters. The van der Waals surface area contributed by atoms with Crippen LogP contribution in [0.15, 0.2) is 35.3 Å². The highest BCUT2D eigenvalue weighted by molar-refractivity contribution is 5.80. The Balaban J connectivity index is 1.54. The van der Waals surface area contributed by atoms with Gasteiger partial charge in [0.1, 0.15) is 0 Å². The summed E-state index contributed by atoms with van der Waals surface area (Å²) in [5, 5.41) is 7.10. The molecular weight excluding hydrogens is 322 g/mol. The third-order valence-electron chi connectivity index (χ3n) is 5.58. The lowest BCUT2D eigenvalue weighted by molar-refractivity contribution is 0.242. The van der Waals surface area contributed by atoms with Crippen molar-refractivity contribution in [2.75, 3.05) is 44.2 Å². The van der Waals surface area contributed by atoms with E-state index in [2.05, 4.69) is 64.6 Å². The normalized spacial score (nSPS) is 22.6. The largest absolute Gasteiger partial charge is 0.369 e. The van der Waals surface area contributed by atoms with Crippen molar-refractivity contribution in [2.24, 2.45) is 4.99 Å². The lowest BCUT2D eigenvalue weighted by Crippen LogP contribution is -2.45. The Morgan fingerprint density at radius 2 is 1.92 bits per heavy atom. The quantitative estimate of drug-likeness (QED) is 0.582. The van der Waals surface area contributed by atoms with Crippen molar-refractivity contribution in [2.45, 2.75) is 51.6 Å². The second kappa shape index (κ2) is 9.81. The molecule has 2 heterocycles. The first-order valence-corrected chi connectivity index (χ1v) is 10.4. The van der Waals surface area contributed by atoms with E-state index < -0.39 is 0 Å². The number of nitrogens with zero attached hydrogens (tertiary/aromatic N) is 3. The van der Waals surface area contributed by atoms with E-state index in [1.54, 1.807) is 0 Å². The summed E-state index contributed by atoms with van der Waals surface area (Å²) < 4.78 is 0. The lowest BCUT2D eigenvalue weighted by Gasteiger charge is -2.25. The van der Waals surface area contributed by atoms with Crippen LogP contribution in [-0.2, 0) is 0 Å². The number of likely N-dealkylation sites (tertiary alicyclic amines) is 1. The minimum Gasteiger partial charge on any atom is -0.369 e. The number of aliphatic imine (C=N–C) groups is 1. The molecule has 2 aliphatic heterocycles. The van der Waals surface area contributed by atoms with Crippen LogP contribution < -0.4 is 15.5 Å². The summed E-state index contributed by atoms with van der Waals surface area (Å²) in [6.45, 7) is 10.8. The highest BCUT2D eigenvalue weighted by Crippen LogP contribution is 2.19. The zero-order valence-corrected chi connectivity index (χ0v) is 16.5. The van der Waals surface area contributed by atoms with Crippen LogP contribution in [0.25, 0.3) is 0 Å². The molecule has 0 aliphatic carbocycles. The van der Waals surface area contributed by atoms with E-state index in [0.29, 0.717) is 12.1 Å². The first-order chi connectivity index (χ1) is 12.8. The zero-order chi connectivity index (χ0) is 18.2. The first kappa shape index (κ1) is 19.0. The Hall–Kier alpha value is -1.75. The molecule has 0 aromatic heterocycles. The van der Waals surface area contributed by atoms with Crippen LogP contribution in [0, 0.1) is 0 Å². The summed E-state index contributed by atoms with van der Waals surface area (Å²) in [5.74, 6) is 0.977. The molecule has 26 heavy (non-hydrogen) atoms. The van der Waals surface area contributed by atoms with E-state index in [9.17, 15) is 0 Å². The number of rotatable bonds is 7. The summed E-state index contributed by atoms with van der Waals surface area (Å²) in [6.07, 6.45) is 5.02. The van der Waals surface area contributed by atoms with Gasteiger partial charge in [-0.15, -0.1) is 0 Å². The molecule has 2 fully saturated rings. The maximum absolute atomic E-state index is 4.92. The van der Waals surface area contributed by atoms with Crippen molar-refractivity contribution in [3.63, 3.8) is 0 Å². The van der Waals surface area contributed by atoms with Gasteiger partial charge in [0.05, 0.1) is 6.54 Å². The second-order valence-electron chi connectivity index (χ2n) is 7.44. The molecule has 2 atom stereocenters. The van der Waals surface area contributed by atoms with Crippen molar-refractivity contribution in [1.82, 2.24) is 15.5 Å². The molecule has 2 saturated heterocycles. The molecule has 144 valence electrons. The van der Waals surface area contributed by atoms with Crippen LogP contribution in [0.3, 0.4) is 0 Å². The van der Waals surface area contributed by atoms with Gasteiger partial charge in [-0.3, -0.25) is 9.89 Å². The minimum absolute atomic E-state index is 0.458. The van der Waals surface area contributed by atoms with Gasteiger partial charge in [-0.05, 0) is 57.8 Å². The molecule has 0 saturated carbocycles. The van der Waals surface area contributed by atoms with E-state index in [1.165, 1.54) is 38.0 Å². The third-order valence-corrected chi connectivity index (χ3v) is 5.58. The van der Waals surface area contributed by atoms with Crippen molar-refractivity contribution in [3.8, 4) is 0 Å². The van der Waals surface area contributed by atoms with Gasteiger partial charge in [0.15, 0.2) is 5.96 Å². The molecule has 0 radical (unpaired) electrons. The summed E-state index contributed by atoms with van der Waals surface area (Å²) in [7, 11) is 0. The van der Waals surface area contributed by atoms with E-state index in [-0.39, 0.29) is 0 Å². The van der Waals surface area contributed by atoms with Crippen LogP contribution in [0.2, 0.25) is 0 Å². The Labute approximate surface area is 158 Å². The minimum atomic E-state index is 0.458. The van der Waals surface area contributed by atoms with Gasteiger partial charge in [-0.2, -0.15) is 0 Å². The van der Waals surface area contributed by atoms with Crippen LogP contribution in [0.1, 0.15) is 39.5 Å². The van der Waals surface area contributed by atoms with E-state index in [4.69, 9.17) is 4.99 Å². The number of guanidine groups is 1. The maximum Gasteiger partial charge on any atom is 0.191 e. The van der Waals surface area contributed by atoms with Crippen LogP contribution >= 0.6 is 0 Å². The zero-order valence-electron chi connectivity index (χ0n) is 16.5. The van der Waals surface area contributed by atoms with Crippen LogP contribution in [0.5, 0.6) is 0 Å². The number of para-hydroxylation sites is 1.